The van der Waals surface area contributed by atoms with Crippen LogP contribution < -0.4 is 10.1 Å². The molecule has 34 heavy (non-hydrogen) atoms. The van der Waals surface area contributed by atoms with Crippen molar-refractivity contribution in [2.45, 2.75) is 31.3 Å². The number of rotatable bonds is 10. The zero-order valence-electron chi connectivity index (χ0n) is 19.5. The zero-order chi connectivity index (χ0) is 24.6. The number of sulfonamides is 1. The molecule has 0 spiro atoms. The fourth-order valence-corrected chi connectivity index (χ4v) is 4.96. The van der Waals surface area contributed by atoms with Gasteiger partial charge in [0.25, 0.3) is 5.91 Å². The number of nitrogens with zero attached hydrogens (tertiary/aromatic N) is 2. The Morgan fingerprint density at radius 2 is 1.74 bits per heavy atom. The highest BCUT2D eigenvalue weighted by atomic mass is 32.2. The van der Waals surface area contributed by atoms with Crippen LogP contribution in [0.2, 0.25) is 0 Å². The number of carbonyl (C=O) groups is 2. The first-order valence-corrected chi connectivity index (χ1v) is 12.7. The lowest BCUT2D eigenvalue weighted by atomic mass is 10.1. The van der Waals surface area contributed by atoms with E-state index in [-0.39, 0.29) is 29.9 Å². The van der Waals surface area contributed by atoms with Crippen LogP contribution in [0.15, 0.2) is 59.5 Å². The van der Waals surface area contributed by atoms with Crippen LogP contribution in [0.25, 0.3) is 0 Å². The standard InChI is InChI=1S/C24H31N3O6S/c1-3-25-24(29)19(2)27(17-20-7-5-4-6-8-20)23(28)18-33-21-9-11-22(12-10-21)34(30,31)26-13-15-32-16-14-26/h4-12,19H,3,13-18H2,1-2H3,(H,25,29)/t19-/m1/s1. The summed E-state index contributed by atoms with van der Waals surface area (Å²) in [5, 5.41) is 2.75. The average molecular weight is 490 g/mol. The average Bonchev–Trinajstić information content (AvgIpc) is 2.87. The lowest BCUT2D eigenvalue weighted by Gasteiger charge is -2.28. The molecule has 0 bridgehead atoms. The van der Waals surface area contributed by atoms with Crippen LogP contribution in [-0.2, 0) is 30.9 Å². The predicted molar refractivity (Wildman–Crippen MR) is 127 cm³/mol. The number of amides is 2. The Labute approximate surface area is 200 Å². The summed E-state index contributed by atoms with van der Waals surface area (Å²) in [5.74, 6) is -0.239. The molecule has 2 aromatic rings. The number of hydrogen-bond donors (Lipinski definition) is 1. The van der Waals surface area contributed by atoms with Crippen molar-refractivity contribution in [2.24, 2.45) is 0 Å². The molecule has 0 aliphatic carbocycles. The Hall–Kier alpha value is -2.95. The quantitative estimate of drug-likeness (QED) is 0.544. The Morgan fingerprint density at radius 3 is 2.35 bits per heavy atom. The van der Waals surface area contributed by atoms with E-state index in [9.17, 15) is 18.0 Å². The summed E-state index contributed by atoms with van der Waals surface area (Å²) in [6, 6.07) is 14.7. The Bertz CT molecular complexity index is 1050. The van der Waals surface area contributed by atoms with Gasteiger partial charge in [0.2, 0.25) is 15.9 Å². The summed E-state index contributed by atoms with van der Waals surface area (Å²) >= 11 is 0. The summed E-state index contributed by atoms with van der Waals surface area (Å²) < 4.78 is 37.7. The largest absolute Gasteiger partial charge is 0.484 e. The fourth-order valence-electron chi connectivity index (χ4n) is 3.56. The number of likely N-dealkylation sites (N-methyl/N-ethyl adjacent to an activating group) is 1. The van der Waals surface area contributed by atoms with Crippen molar-refractivity contribution in [1.29, 1.82) is 0 Å². The molecule has 1 aliphatic rings. The van der Waals surface area contributed by atoms with Gasteiger partial charge in [-0.2, -0.15) is 4.31 Å². The minimum Gasteiger partial charge on any atom is -0.484 e. The molecule has 0 aromatic heterocycles. The van der Waals surface area contributed by atoms with E-state index in [0.29, 0.717) is 38.6 Å². The lowest BCUT2D eigenvalue weighted by Crippen LogP contribution is -2.49. The van der Waals surface area contributed by atoms with Gasteiger partial charge in [0.05, 0.1) is 18.1 Å². The SMILES string of the molecule is CCNC(=O)[C@@H](C)N(Cc1ccccc1)C(=O)COc1ccc(S(=O)(=O)N2CCOCC2)cc1. The van der Waals surface area contributed by atoms with Gasteiger partial charge >= 0.3 is 0 Å². The molecule has 9 nitrogen and oxygen atoms in total. The number of carbonyl (C=O) groups excluding carboxylic acids is 2. The molecular formula is C24H31N3O6S. The highest BCUT2D eigenvalue weighted by Gasteiger charge is 2.27. The second-order valence-electron chi connectivity index (χ2n) is 7.85. The van der Waals surface area contributed by atoms with Gasteiger partial charge in [0, 0.05) is 26.2 Å². The minimum absolute atomic E-state index is 0.156. The monoisotopic (exact) mass is 489 g/mol. The lowest BCUT2D eigenvalue weighted by molar-refractivity contribution is -0.142. The number of hydrogen-bond acceptors (Lipinski definition) is 6. The first kappa shape index (κ1) is 25.7. The third-order valence-corrected chi connectivity index (χ3v) is 7.42. The van der Waals surface area contributed by atoms with Crippen LogP contribution in [0.1, 0.15) is 19.4 Å². The highest BCUT2D eigenvalue weighted by Crippen LogP contribution is 2.21. The third-order valence-electron chi connectivity index (χ3n) is 5.51. The Kier molecular flexibility index (Phi) is 9.03. The topological polar surface area (TPSA) is 105 Å². The van der Waals surface area contributed by atoms with E-state index in [1.54, 1.807) is 6.92 Å². The van der Waals surface area contributed by atoms with E-state index in [4.69, 9.17) is 9.47 Å². The molecule has 1 saturated heterocycles. The smallest absolute Gasteiger partial charge is 0.261 e. The Balaban J connectivity index is 1.66. The van der Waals surface area contributed by atoms with Gasteiger partial charge in [-0.1, -0.05) is 30.3 Å². The summed E-state index contributed by atoms with van der Waals surface area (Å²) in [7, 11) is -3.61. The van der Waals surface area contributed by atoms with Gasteiger partial charge in [-0.15, -0.1) is 0 Å². The van der Waals surface area contributed by atoms with Crippen molar-refractivity contribution in [1.82, 2.24) is 14.5 Å². The van der Waals surface area contributed by atoms with Crippen molar-refractivity contribution in [3.8, 4) is 5.75 Å². The summed E-state index contributed by atoms with van der Waals surface area (Å²) in [4.78, 5) is 27.0. The summed E-state index contributed by atoms with van der Waals surface area (Å²) in [5.41, 5.74) is 0.893. The second kappa shape index (κ2) is 12.0. The van der Waals surface area contributed by atoms with E-state index in [0.717, 1.165) is 5.56 Å². The van der Waals surface area contributed by atoms with Gasteiger partial charge in [0.1, 0.15) is 11.8 Å². The number of nitrogens with one attached hydrogen (secondary N) is 1. The predicted octanol–water partition coefficient (Wildman–Crippen LogP) is 1.64. The van der Waals surface area contributed by atoms with Crippen LogP contribution in [0.4, 0.5) is 0 Å². The minimum atomic E-state index is -3.61. The molecule has 1 heterocycles. The molecule has 10 heteroatoms. The molecule has 0 saturated carbocycles. The van der Waals surface area contributed by atoms with Gasteiger partial charge in [-0.05, 0) is 43.7 Å². The van der Waals surface area contributed by atoms with Crippen molar-refractivity contribution < 1.29 is 27.5 Å². The molecule has 0 radical (unpaired) electrons. The van der Waals surface area contributed by atoms with E-state index in [1.807, 2.05) is 37.3 Å². The fraction of sp³-hybridized carbons (Fsp3) is 0.417. The summed E-state index contributed by atoms with van der Waals surface area (Å²) in [6.45, 7) is 5.31. The van der Waals surface area contributed by atoms with Crippen molar-refractivity contribution >= 4 is 21.8 Å². The molecule has 1 aliphatic heterocycles. The molecule has 184 valence electrons. The van der Waals surface area contributed by atoms with Crippen molar-refractivity contribution in [3.05, 3.63) is 60.2 Å². The normalized spacial score (nSPS) is 15.4. The van der Waals surface area contributed by atoms with Gasteiger partial charge in [0.15, 0.2) is 6.61 Å². The van der Waals surface area contributed by atoms with Crippen LogP contribution in [-0.4, -0.2) is 74.9 Å². The molecule has 1 N–H and O–H groups in total. The number of ether oxygens (including phenoxy) is 2. The molecule has 2 aromatic carbocycles. The Morgan fingerprint density at radius 1 is 1.09 bits per heavy atom. The van der Waals surface area contributed by atoms with E-state index >= 15 is 0 Å². The van der Waals surface area contributed by atoms with Crippen LogP contribution in [0.3, 0.4) is 0 Å². The molecule has 1 fully saturated rings. The van der Waals surface area contributed by atoms with E-state index in [2.05, 4.69) is 5.32 Å². The van der Waals surface area contributed by atoms with Crippen LogP contribution >= 0.6 is 0 Å². The van der Waals surface area contributed by atoms with E-state index < -0.39 is 16.1 Å². The maximum Gasteiger partial charge on any atom is 0.261 e. The molecular weight excluding hydrogens is 458 g/mol. The molecule has 1 atom stereocenters. The third kappa shape index (κ3) is 6.55. The van der Waals surface area contributed by atoms with Gasteiger partial charge < -0.3 is 19.7 Å². The van der Waals surface area contributed by atoms with Crippen molar-refractivity contribution in [2.75, 3.05) is 39.5 Å². The first-order chi connectivity index (χ1) is 16.3. The molecule has 2 amide bonds. The molecule has 0 unspecified atom stereocenters. The number of morpholine rings is 1. The summed E-state index contributed by atoms with van der Waals surface area (Å²) in [6.07, 6.45) is 0. The van der Waals surface area contributed by atoms with Gasteiger partial charge in [-0.3, -0.25) is 9.59 Å². The van der Waals surface area contributed by atoms with Crippen molar-refractivity contribution in [3.63, 3.8) is 0 Å². The van der Waals surface area contributed by atoms with Crippen LogP contribution in [0.5, 0.6) is 5.75 Å². The zero-order valence-corrected chi connectivity index (χ0v) is 20.3. The maximum absolute atomic E-state index is 13.0. The maximum atomic E-state index is 13.0. The highest BCUT2D eigenvalue weighted by molar-refractivity contribution is 7.89. The van der Waals surface area contributed by atoms with E-state index in [1.165, 1.54) is 33.5 Å². The first-order valence-electron chi connectivity index (χ1n) is 11.2. The second-order valence-corrected chi connectivity index (χ2v) is 9.79. The van der Waals surface area contributed by atoms with Gasteiger partial charge in [-0.25, -0.2) is 8.42 Å². The number of benzene rings is 2. The molecule has 3 rings (SSSR count). The van der Waals surface area contributed by atoms with Crippen LogP contribution in [0, 0.1) is 0 Å².